The Morgan fingerprint density at radius 1 is 1.22 bits per heavy atom. The largest absolute Gasteiger partial charge is 0.465 e. The summed E-state index contributed by atoms with van der Waals surface area (Å²) in [4.78, 5) is 2.59. The molecule has 2 aliphatic carbocycles. The molecular weight excluding hydrogens is 224 g/mol. The summed E-state index contributed by atoms with van der Waals surface area (Å²) in [6.45, 7) is 6.08. The first kappa shape index (κ1) is 12.2. The Morgan fingerprint density at radius 3 is 2.28 bits per heavy atom. The fourth-order valence-electron chi connectivity index (χ4n) is 2.62. The molecule has 1 aromatic heterocycles. The molecule has 1 heterocycles. The Labute approximate surface area is 109 Å². The van der Waals surface area contributed by atoms with Gasteiger partial charge in [-0.15, -0.1) is 0 Å². The van der Waals surface area contributed by atoms with Crippen molar-refractivity contribution in [2.75, 3.05) is 13.1 Å². The fourth-order valence-corrected chi connectivity index (χ4v) is 2.62. The van der Waals surface area contributed by atoms with Gasteiger partial charge in [-0.25, -0.2) is 0 Å². The van der Waals surface area contributed by atoms with Crippen LogP contribution in [-0.2, 0) is 13.1 Å². The maximum Gasteiger partial charge on any atom is 0.118 e. The van der Waals surface area contributed by atoms with Crippen LogP contribution in [0.15, 0.2) is 10.5 Å². The molecule has 2 N–H and O–H groups in total. The van der Waals surface area contributed by atoms with Gasteiger partial charge in [0.2, 0.25) is 0 Å². The first-order chi connectivity index (χ1) is 8.74. The molecule has 0 aliphatic heterocycles. The lowest BCUT2D eigenvalue weighted by atomic mass is 10.2. The lowest BCUT2D eigenvalue weighted by Gasteiger charge is -2.20. The molecule has 0 spiro atoms. The summed E-state index contributed by atoms with van der Waals surface area (Å²) in [7, 11) is 0. The highest BCUT2D eigenvalue weighted by Gasteiger charge is 2.29. The molecule has 0 atom stereocenters. The van der Waals surface area contributed by atoms with Gasteiger partial charge < -0.3 is 10.2 Å². The predicted octanol–water partition coefficient (Wildman–Crippen LogP) is 2.67. The second-order valence-electron chi connectivity index (χ2n) is 6.08. The van der Waals surface area contributed by atoms with Crippen LogP contribution in [0.1, 0.15) is 42.8 Å². The summed E-state index contributed by atoms with van der Waals surface area (Å²) >= 11 is 0. The predicted molar refractivity (Wildman–Crippen MR) is 72.1 cm³/mol. The minimum Gasteiger partial charge on any atom is -0.465 e. The highest BCUT2D eigenvalue weighted by atomic mass is 16.3. The zero-order chi connectivity index (χ0) is 12.5. The van der Waals surface area contributed by atoms with Gasteiger partial charge in [-0.05, 0) is 50.5 Å². The molecule has 2 aliphatic rings. The van der Waals surface area contributed by atoms with Crippen molar-refractivity contribution < 1.29 is 4.42 Å². The summed E-state index contributed by atoms with van der Waals surface area (Å²) in [5.74, 6) is 3.99. The Morgan fingerprint density at radius 2 is 1.83 bits per heavy atom. The van der Waals surface area contributed by atoms with E-state index >= 15 is 0 Å². The average molecular weight is 248 g/mol. The third-order valence-corrected chi connectivity index (χ3v) is 4.10. The topological polar surface area (TPSA) is 42.4 Å². The van der Waals surface area contributed by atoms with Crippen LogP contribution in [0.25, 0.3) is 0 Å². The summed E-state index contributed by atoms with van der Waals surface area (Å²) in [6, 6.07) is 2.14. The van der Waals surface area contributed by atoms with Gasteiger partial charge in [0.15, 0.2) is 0 Å². The zero-order valence-corrected chi connectivity index (χ0v) is 11.3. The van der Waals surface area contributed by atoms with Gasteiger partial charge in [-0.1, -0.05) is 0 Å². The summed E-state index contributed by atoms with van der Waals surface area (Å²) < 4.78 is 5.82. The van der Waals surface area contributed by atoms with E-state index in [1.165, 1.54) is 38.8 Å². The average Bonchev–Trinajstić information content (AvgIpc) is 3.23. The van der Waals surface area contributed by atoms with Crippen LogP contribution in [0.2, 0.25) is 0 Å². The van der Waals surface area contributed by atoms with E-state index in [1.807, 2.05) is 6.92 Å². The van der Waals surface area contributed by atoms with E-state index in [4.69, 9.17) is 10.2 Å². The van der Waals surface area contributed by atoms with Crippen LogP contribution >= 0.6 is 0 Å². The highest BCUT2D eigenvalue weighted by molar-refractivity contribution is 5.20. The van der Waals surface area contributed by atoms with Crippen molar-refractivity contribution in [1.29, 1.82) is 0 Å². The lowest BCUT2D eigenvalue weighted by molar-refractivity contribution is 0.224. The van der Waals surface area contributed by atoms with E-state index in [9.17, 15) is 0 Å². The zero-order valence-electron chi connectivity index (χ0n) is 11.3. The number of hydrogen-bond donors (Lipinski definition) is 1. The van der Waals surface area contributed by atoms with Crippen LogP contribution in [0.4, 0.5) is 0 Å². The summed E-state index contributed by atoms with van der Waals surface area (Å²) in [5.41, 5.74) is 6.86. The number of nitrogens with zero attached hydrogens (tertiary/aromatic N) is 1. The molecule has 0 saturated heterocycles. The molecule has 100 valence electrons. The minimum atomic E-state index is 0.584. The van der Waals surface area contributed by atoms with Crippen molar-refractivity contribution in [3.8, 4) is 0 Å². The normalized spacial score (nSPS) is 19.7. The molecule has 3 nitrogen and oxygen atoms in total. The molecule has 0 radical (unpaired) electrons. The number of nitrogens with two attached hydrogens (primary N) is 1. The Kier molecular flexibility index (Phi) is 3.44. The molecule has 2 fully saturated rings. The quantitative estimate of drug-likeness (QED) is 0.806. The van der Waals surface area contributed by atoms with E-state index < -0.39 is 0 Å². The fraction of sp³-hybridized carbons (Fsp3) is 0.733. The van der Waals surface area contributed by atoms with Gasteiger partial charge in [-0.2, -0.15) is 0 Å². The molecule has 0 aromatic carbocycles. The SMILES string of the molecule is Cc1oc(CN(CC2CC2)CC2CC2)cc1CN. The van der Waals surface area contributed by atoms with E-state index in [1.54, 1.807) is 0 Å². The first-order valence-electron chi connectivity index (χ1n) is 7.25. The summed E-state index contributed by atoms with van der Waals surface area (Å²) in [6.07, 6.45) is 5.69. The minimum absolute atomic E-state index is 0.584. The Hall–Kier alpha value is -0.800. The molecule has 1 aromatic rings. The van der Waals surface area contributed by atoms with Crippen LogP contribution in [0, 0.1) is 18.8 Å². The molecule has 2 saturated carbocycles. The van der Waals surface area contributed by atoms with Crippen molar-refractivity contribution in [3.63, 3.8) is 0 Å². The van der Waals surface area contributed by atoms with E-state index in [0.29, 0.717) is 6.54 Å². The molecule has 3 rings (SSSR count). The van der Waals surface area contributed by atoms with Gasteiger partial charge in [0.05, 0.1) is 6.54 Å². The molecule has 0 bridgehead atoms. The Balaban J connectivity index is 1.61. The van der Waals surface area contributed by atoms with Gasteiger partial charge in [0.1, 0.15) is 11.5 Å². The van der Waals surface area contributed by atoms with E-state index in [0.717, 1.165) is 35.5 Å². The van der Waals surface area contributed by atoms with E-state index in [2.05, 4.69) is 11.0 Å². The second-order valence-corrected chi connectivity index (χ2v) is 6.08. The molecule has 3 heteroatoms. The number of aryl methyl sites for hydroxylation is 1. The monoisotopic (exact) mass is 248 g/mol. The molecular formula is C15H24N2O. The van der Waals surface area contributed by atoms with Crippen LogP contribution < -0.4 is 5.73 Å². The van der Waals surface area contributed by atoms with Crippen molar-refractivity contribution in [3.05, 3.63) is 23.2 Å². The third-order valence-electron chi connectivity index (χ3n) is 4.10. The molecule has 0 amide bonds. The van der Waals surface area contributed by atoms with Crippen LogP contribution in [0.5, 0.6) is 0 Å². The second kappa shape index (κ2) is 5.06. The maximum atomic E-state index is 5.82. The van der Waals surface area contributed by atoms with Gasteiger partial charge >= 0.3 is 0 Å². The third kappa shape index (κ3) is 3.15. The number of rotatable bonds is 7. The van der Waals surface area contributed by atoms with Crippen LogP contribution in [-0.4, -0.2) is 18.0 Å². The number of furan rings is 1. The van der Waals surface area contributed by atoms with Gasteiger partial charge in [0.25, 0.3) is 0 Å². The van der Waals surface area contributed by atoms with Crippen molar-refractivity contribution in [2.45, 2.75) is 45.7 Å². The maximum absolute atomic E-state index is 5.82. The first-order valence-corrected chi connectivity index (χ1v) is 7.25. The molecule has 18 heavy (non-hydrogen) atoms. The number of hydrogen-bond acceptors (Lipinski definition) is 3. The highest BCUT2D eigenvalue weighted by Crippen LogP contribution is 2.34. The Bertz CT molecular complexity index is 391. The van der Waals surface area contributed by atoms with Crippen molar-refractivity contribution >= 4 is 0 Å². The smallest absolute Gasteiger partial charge is 0.118 e. The van der Waals surface area contributed by atoms with Crippen molar-refractivity contribution in [2.24, 2.45) is 17.6 Å². The molecule has 0 unspecified atom stereocenters. The summed E-state index contributed by atoms with van der Waals surface area (Å²) in [5, 5.41) is 0. The van der Waals surface area contributed by atoms with E-state index in [-0.39, 0.29) is 0 Å². The van der Waals surface area contributed by atoms with Gasteiger partial charge in [-0.3, -0.25) is 4.90 Å². The van der Waals surface area contributed by atoms with Crippen molar-refractivity contribution in [1.82, 2.24) is 4.90 Å². The van der Waals surface area contributed by atoms with Gasteiger partial charge in [0, 0.05) is 25.2 Å². The van der Waals surface area contributed by atoms with Crippen LogP contribution in [0.3, 0.4) is 0 Å². The lowest BCUT2D eigenvalue weighted by Crippen LogP contribution is -2.27. The standard InChI is InChI=1S/C15H24N2O/c1-11-14(7-16)6-15(18-11)10-17(8-12-2-3-12)9-13-4-5-13/h6,12-13H,2-5,7-10,16H2,1H3.